The first-order valence-corrected chi connectivity index (χ1v) is 7.12. The summed E-state index contributed by atoms with van der Waals surface area (Å²) in [5, 5.41) is 8.57. The van der Waals surface area contributed by atoms with Crippen LogP contribution in [-0.4, -0.2) is 20.2 Å². The number of alkyl halides is 1. The highest BCUT2D eigenvalue weighted by atomic mass is 35.5. The van der Waals surface area contributed by atoms with Crippen molar-refractivity contribution in [3.63, 3.8) is 0 Å². The first kappa shape index (κ1) is 12.4. The number of rotatable bonds is 3. The average Bonchev–Trinajstić information content (AvgIpc) is 2.92. The largest absolute Gasteiger partial charge is 0.254 e. The zero-order chi connectivity index (χ0) is 13.2. The van der Waals surface area contributed by atoms with E-state index < -0.39 is 0 Å². The maximum Gasteiger partial charge on any atom is 0.188 e. The zero-order valence-electron chi connectivity index (χ0n) is 10.2. The van der Waals surface area contributed by atoms with Gasteiger partial charge in [-0.3, -0.25) is 10.1 Å². The maximum atomic E-state index is 6.08. The number of para-hydroxylation sites is 1. The van der Waals surface area contributed by atoms with Crippen LogP contribution in [0.5, 0.6) is 0 Å². The number of pyridine rings is 1. The van der Waals surface area contributed by atoms with Gasteiger partial charge in [-0.2, -0.15) is 5.10 Å². The summed E-state index contributed by atoms with van der Waals surface area (Å²) in [7, 11) is 0. The summed E-state index contributed by atoms with van der Waals surface area (Å²) in [5.74, 6) is 0.431. The number of aromatic nitrogens is 4. The van der Waals surface area contributed by atoms with Crippen LogP contribution in [0.2, 0.25) is 0 Å². The lowest BCUT2D eigenvalue weighted by Gasteiger charge is -2.11. The molecule has 0 saturated carbocycles. The molecule has 2 aromatic heterocycles. The van der Waals surface area contributed by atoms with Crippen molar-refractivity contribution < 1.29 is 0 Å². The average molecular weight is 291 g/mol. The number of fused-ring (bicyclic) bond motifs is 1. The third-order valence-electron chi connectivity index (χ3n) is 2.87. The summed E-state index contributed by atoms with van der Waals surface area (Å²) in [5.41, 5.74) is 2.97. The Hall–Kier alpha value is -1.59. The number of hydrogen-bond donors (Lipinski definition) is 1. The van der Waals surface area contributed by atoms with Crippen LogP contribution < -0.4 is 0 Å². The molecule has 0 spiro atoms. The molecule has 19 heavy (non-hydrogen) atoms. The summed E-state index contributed by atoms with van der Waals surface area (Å²) >= 11 is 7.61. The van der Waals surface area contributed by atoms with Crippen LogP contribution in [0, 0.1) is 6.92 Å². The molecule has 96 valence electrons. The van der Waals surface area contributed by atoms with Gasteiger partial charge in [-0.25, -0.2) is 4.98 Å². The number of H-pyrrole nitrogens is 1. The lowest BCUT2D eigenvalue weighted by molar-refractivity contribution is 0.971. The molecule has 6 heteroatoms. The molecule has 0 aliphatic rings. The second-order valence-corrected chi connectivity index (χ2v) is 5.31. The highest BCUT2D eigenvalue weighted by molar-refractivity contribution is 7.99. The molecule has 0 saturated heterocycles. The van der Waals surface area contributed by atoms with Crippen molar-refractivity contribution in [2.75, 3.05) is 0 Å². The van der Waals surface area contributed by atoms with E-state index >= 15 is 0 Å². The van der Waals surface area contributed by atoms with Gasteiger partial charge in [0.2, 0.25) is 0 Å². The van der Waals surface area contributed by atoms with Crippen LogP contribution in [0.25, 0.3) is 10.9 Å². The highest BCUT2D eigenvalue weighted by Gasteiger charge is 2.14. The van der Waals surface area contributed by atoms with Gasteiger partial charge in [-0.15, -0.1) is 11.6 Å². The van der Waals surface area contributed by atoms with E-state index in [1.807, 2.05) is 25.1 Å². The van der Waals surface area contributed by atoms with Crippen molar-refractivity contribution in [3.05, 3.63) is 41.9 Å². The normalized spacial score (nSPS) is 11.1. The fourth-order valence-electron chi connectivity index (χ4n) is 1.95. The van der Waals surface area contributed by atoms with Gasteiger partial charge in [0.15, 0.2) is 5.16 Å². The van der Waals surface area contributed by atoms with Crippen molar-refractivity contribution in [1.29, 1.82) is 0 Å². The minimum atomic E-state index is 0.431. The van der Waals surface area contributed by atoms with Crippen LogP contribution in [0.4, 0.5) is 0 Å². The van der Waals surface area contributed by atoms with Crippen LogP contribution in [0.3, 0.4) is 0 Å². The van der Waals surface area contributed by atoms with E-state index in [-0.39, 0.29) is 0 Å². The first-order chi connectivity index (χ1) is 9.29. The Labute approximate surface area is 119 Å². The first-order valence-electron chi connectivity index (χ1n) is 5.77. The van der Waals surface area contributed by atoms with Crippen molar-refractivity contribution in [2.24, 2.45) is 0 Å². The molecule has 3 aromatic rings. The van der Waals surface area contributed by atoms with E-state index in [4.69, 9.17) is 11.6 Å². The van der Waals surface area contributed by atoms with E-state index in [2.05, 4.69) is 26.2 Å². The highest BCUT2D eigenvalue weighted by Crippen LogP contribution is 2.35. The number of nitrogens with zero attached hydrogens (tertiary/aromatic N) is 3. The number of hydrogen-bond acceptors (Lipinski definition) is 4. The molecular weight excluding hydrogens is 280 g/mol. The molecule has 0 amide bonds. The topological polar surface area (TPSA) is 54.5 Å². The second-order valence-electron chi connectivity index (χ2n) is 4.05. The van der Waals surface area contributed by atoms with Gasteiger partial charge in [-0.1, -0.05) is 18.2 Å². The Morgan fingerprint density at radius 2 is 2.16 bits per heavy atom. The Kier molecular flexibility index (Phi) is 3.40. The van der Waals surface area contributed by atoms with Gasteiger partial charge in [0.1, 0.15) is 6.33 Å². The SMILES string of the molecule is Cc1nc2ccccc2c(Sc2ncn[nH]2)c1CCl. The molecule has 0 bridgehead atoms. The fraction of sp³-hybridized carbons (Fsp3) is 0.154. The molecular formula is C13H11ClN4S. The third-order valence-corrected chi connectivity index (χ3v) is 4.20. The molecule has 0 unspecified atom stereocenters. The summed E-state index contributed by atoms with van der Waals surface area (Å²) in [6.07, 6.45) is 1.50. The Morgan fingerprint density at radius 1 is 1.32 bits per heavy atom. The van der Waals surface area contributed by atoms with Crippen molar-refractivity contribution in [1.82, 2.24) is 20.2 Å². The van der Waals surface area contributed by atoms with E-state index in [0.717, 1.165) is 32.2 Å². The summed E-state index contributed by atoms with van der Waals surface area (Å²) < 4.78 is 0. The maximum absolute atomic E-state index is 6.08. The van der Waals surface area contributed by atoms with Gasteiger partial charge in [0.05, 0.1) is 11.4 Å². The number of halogens is 1. The number of nitrogens with one attached hydrogen (secondary N) is 1. The predicted octanol–water partition coefficient (Wildman–Crippen LogP) is 3.55. The van der Waals surface area contributed by atoms with Crippen LogP contribution in [0.1, 0.15) is 11.3 Å². The Morgan fingerprint density at radius 3 is 2.89 bits per heavy atom. The van der Waals surface area contributed by atoms with Crippen molar-refractivity contribution >= 4 is 34.3 Å². The monoisotopic (exact) mass is 290 g/mol. The quantitative estimate of drug-likeness (QED) is 0.750. The van der Waals surface area contributed by atoms with Gasteiger partial charge in [0, 0.05) is 21.5 Å². The standard InChI is InChI=1S/C13H11ClN4S/c1-8-10(6-14)12(19-13-15-7-16-18-13)9-4-2-3-5-11(9)17-8/h2-5,7H,6H2,1H3,(H,15,16,18). The minimum Gasteiger partial charge on any atom is -0.254 e. The van der Waals surface area contributed by atoms with Gasteiger partial charge in [0.25, 0.3) is 0 Å². The third kappa shape index (κ3) is 2.31. The molecule has 0 aliphatic carbocycles. The Bertz CT molecular complexity index is 712. The molecule has 1 aromatic carbocycles. The van der Waals surface area contributed by atoms with Crippen molar-refractivity contribution in [3.8, 4) is 0 Å². The molecule has 0 fully saturated rings. The molecule has 0 aliphatic heterocycles. The van der Waals surface area contributed by atoms with Gasteiger partial charge < -0.3 is 0 Å². The molecule has 0 atom stereocenters. The van der Waals surface area contributed by atoms with Crippen LogP contribution >= 0.6 is 23.4 Å². The number of aromatic amines is 1. The van der Waals surface area contributed by atoms with E-state index in [9.17, 15) is 0 Å². The van der Waals surface area contributed by atoms with E-state index in [1.54, 1.807) is 0 Å². The van der Waals surface area contributed by atoms with Crippen molar-refractivity contribution in [2.45, 2.75) is 22.9 Å². The summed E-state index contributed by atoms with van der Waals surface area (Å²) in [6.45, 7) is 1.98. The molecule has 2 heterocycles. The van der Waals surface area contributed by atoms with E-state index in [0.29, 0.717) is 5.88 Å². The molecule has 0 radical (unpaired) electrons. The summed E-state index contributed by atoms with van der Waals surface area (Å²) in [6, 6.07) is 8.04. The lowest BCUT2D eigenvalue weighted by atomic mass is 10.1. The molecule has 3 rings (SSSR count). The molecule has 1 N–H and O–H groups in total. The van der Waals surface area contributed by atoms with Gasteiger partial charge in [-0.05, 0) is 24.8 Å². The zero-order valence-corrected chi connectivity index (χ0v) is 11.8. The van der Waals surface area contributed by atoms with Crippen LogP contribution in [0.15, 0.2) is 40.6 Å². The fourth-order valence-corrected chi connectivity index (χ4v) is 3.38. The lowest BCUT2D eigenvalue weighted by Crippen LogP contribution is -1.96. The summed E-state index contributed by atoms with van der Waals surface area (Å²) in [4.78, 5) is 9.84. The van der Waals surface area contributed by atoms with Gasteiger partial charge >= 0.3 is 0 Å². The number of benzene rings is 1. The van der Waals surface area contributed by atoms with Crippen LogP contribution in [-0.2, 0) is 5.88 Å². The second kappa shape index (κ2) is 5.19. The number of aryl methyl sites for hydroxylation is 1. The Balaban J connectivity index is 2.23. The smallest absolute Gasteiger partial charge is 0.188 e. The predicted molar refractivity (Wildman–Crippen MR) is 76.5 cm³/mol. The minimum absolute atomic E-state index is 0.431. The molecule has 4 nitrogen and oxygen atoms in total. The van der Waals surface area contributed by atoms with E-state index in [1.165, 1.54) is 18.1 Å².